The maximum absolute atomic E-state index is 13.5. The molecule has 0 heterocycles. The van der Waals surface area contributed by atoms with Crippen LogP contribution in [0.5, 0.6) is 0 Å². The lowest BCUT2D eigenvalue weighted by Crippen LogP contribution is -2.17. The molecule has 0 saturated carbocycles. The second-order valence-electron chi connectivity index (χ2n) is 4.92. The summed E-state index contributed by atoms with van der Waals surface area (Å²) in [5, 5.41) is 14.8. The van der Waals surface area contributed by atoms with Crippen LogP contribution < -0.4 is 11.1 Å². The van der Waals surface area contributed by atoms with Crippen molar-refractivity contribution in [1.82, 2.24) is 5.32 Å². The molecule has 4 N–H and O–H groups in total. The molecule has 4 nitrogen and oxygen atoms in total. The summed E-state index contributed by atoms with van der Waals surface area (Å²) >= 11 is 1.89. The molecule has 0 fully saturated rings. The van der Waals surface area contributed by atoms with Crippen molar-refractivity contribution in [3.8, 4) is 0 Å². The molecule has 1 aromatic carbocycles. The highest BCUT2D eigenvalue weighted by molar-refractivity contribution is 7.98. The van der Waals surface area contributed by atoms with Gasteiger partial charge >= 0.3 is 0 Å². The summed E-state index contributed by atoms with van der Waals surface area (Å²) in [5.41, 5.74) is 6.66. The van der Waals surface area contributed by atoms with Crippen LogP contribution in [0.2, 0.25) is 0 Å². The summed E-state index contributed by atoms with van der Waals surface area (Å²) in [6.07, 6.45) is 7.00. The van der Waals surface area contributed by atoms with E-state index in [9.17, 15) is 4.39 Å². The van der Waals surface area contributed by atoms with Gasteiger partial charge in [0.15, 0.2) is 5.84 Å². The molecular formula is C15H24FN3OS. The molecule has 0 amide bonds. The molecule has 0 spiro atoms. The first-order valence-corrected chi connectivity index (χ1v) is 8.53. The fourth-order valence-corrected chi connectivity index (χ4v) is 2.53. The molecule has 1 aromatic rings. The fraction of sp³-hybridized carbons (Fsp3) is 0.533. The monoisotopic (exact) mass is 313 g/mol. The van der Waals surface area contributed by atoms with Crippen LogP contribution in [0.15, 0.2) is 23.4 Å². The van der Waals surface area contributed by atoms with E-state index in [1.165, 1.54) is 37.1 Å². The largest absolute Gasteiger partial charge is 0.409 e. The van der Waals surface area contributed by atoms with Gasteiger partial charge in [0.2, 0.25) is 0 Å². The molecule has 118 valence electrons. The van der Waals surface area contributed by atoms with Gasteiger partial charge in [0, 0.05) is 12.1 Å². The van der Waals surface area contributed by atoms with E-state index in [-0.39, 0.29) is 11.7 Å². The third-order valence-electron chi connectivity index (χ3n) is 3.14. The van der Waals surface area contributed by atoms with Crippen LogP contribution in [0.1, 0.15) is 36.8 Å². The van der Waals surface area contributed by atoms with Crippen LogP contribution in [-0.2, 0) is 6.54 Å². The molecule has 0 aliphatic carbocycles. The van der Waals surface area contributed by atoms with E-state index in [4.69, 9.17) is 10.9 Å². The lowest BCUT2D eigenvalue weighted by molar-refractivity contribution is 0.318. The number of oxime groups is 1. The first-order chi connectivity index (χ1) is 10.2. The van der Waals surface area contributed by atoms with Gasteiger partial charge in [0.25, 0.3) is 0 Å². The van der Waals surface area contributed by atoms with Gasteiger partial charge in [-0.25, -0.2) is 4.39 Å². The summed E-state index contributed by atoms with van der Waals surface area (Å²) in [6, 6.07) is 4.44. The molecule has 6 heteroatoms. The van der Waals surface area contributed by atoms with Crippen LogP contribution in [0.25, 0.3) is 0 Å². The number of hydrogen-bond acceptors (Lipinski definition) is 4. The molecule has 0 aliphatic rings. The fourth-order valence-electron chi connectivity index (χ4n) is 2.04. The predicted octanol–water partition coefficient (Wildman–Crippen LogP) is 2.93. The minimum absolute atomic E-state index is 0.0791. The Morgan fingerprint density at radius 1 is 1.29 bits per heavy atom. The van der Waals surface area contributed by atoms with Crippen LogP contribution in [0.4, 0.5) is 4.39 Å². The summed E-state index contributed by atoms with van der Waals surface area (Å²) in [5.74, 6) is 0.769. The van der Waals surface area contributed by atoms with E-state index in [1.807, 2.05) is 11.8 Å². The van der Waals surface area contributed by atoms with Crippen molar-refractivity contribution in [2.24, 2.45) is 10.9 Å². The van der Waals surface area contributed by atoms with E-state index < -0.39 is 0 Å². The Hall–Kier alpha value is -1.27. The van der Waals surface area contributed by atoms with E-state index >= 15 is 0 Å². The number of hydrogen-bond donors (Lipinski definition) is 3. The molecule has 0 unspecified atom stereocenters. The lowest BCUT2D eigenvalue weighted by atomic mass is 10.1. The molecule has 0 atom stereocenters. The van der Waals surface area contributed by atoms with Crippen molar-refractivity contribution < 1.29 is 9.60 Å². The SMILES string of the molecule is CSCCCCCCNCc1cc(F)cc(/C(N)=N/O)c1. The molecule has 0 radical (unpaired) electrons. The number of nitrogens with two attached hydrogens (primary N) is 1. The number of halogens is 1. The number of thioether (sulfide) groups is 1. The van der Waals surface area contributed by atoms with Crippen LogP contribution in [0, 0.1) is 5.82 Å². The van der Waals surface area contributed by atoms with Gasteiger partial charge in [-0.1, -0.05) is 18.0 Å². The number of amidine groups is 1. The Kier molecular flexibility index (Phi) is 8.85. The Bertz CT molecular complexity index is 455. The van der Waals surface area contributed by atoms with Crippen molar-refractivity contribution >= 4 is 17.6 Å². The van der Waals surface area contributed by atoms with Crippen LogP contribution in [0.3, 0.4) is 0 Å². The zero-order valence-corrected chi connectivity index (χ0v) is 13.3. The maximum atomic E-state index is 13.5. The summed E-state index contributed by atoms with van der Waals surface area (Å²) < 4.78 is 13.5. The number of unbranched alkanes of at least 4 members (excludes halogenated alkanes) is 3. The Morgan fingerprint density at radius 3 is 2.76 bits per heavy atom. The average Bonchev–Trinajstić information content (AvgIpc) is 2.48. The van der Waals surface area contributed by atoms with Crippen molar-refractivity contribution in [2.75, 3.05) is 18.6 Å². The first kappa shape index (κ1) is 17.8. The second-order valence-corrected chi connectivity index (χ2v) is 5.90. The molecular weight excluding hydrogens is 289 g/mol. The summed E-state index contributed by atoms with van der Waals surface area (Å²) in [4.78, 5) is 0. The average molecular weight is 313 g/mol. The number of nitrogens with zero attached hydrogens (tertiary/aromatic N) is 1. The van der Waals surface area contributed by atoms with Gasteiger partial charge < -0.3 is 16.3 Å². The highest BCUT2D eigenvalue weighted by Gasteiger charge is 2.04. The van der Waals surface area contributed by atoms with E-state index in [0.29, 0.717) is 12.1 Å². The van der Waals surface area contributed by atoms with Gasteiger partial charge in [-0.3, -0.25) is 0 Å². The topological polar surface area (TPSA) is 70.6 Å². The van der Waals surface area contributed by atoms with Crippen molar-refractivity contribution in [3.63, 3.8) is 0 Å². The van der Waals surface area contributed by atoms with Crippen molar-refractivity contribution in [1.29, 1.82) is 0 Å². The Morgan fingerprint density at radius 2 is 2.05 bits per heavy atom. The molecule has 21 heavy (non-hydrogen) atoms. The van der Waals surface area contributed by atoms with Crippen LogP contribution in [-0.4, -0.2) is 29.6 Å². The molecule has 0 aliphatic heterocycles. The number of benzene rings is 1. The van der Waals surface area contributed by atoms with Crippen molar-refractivity contribution in [2.45, 2.75) is 32.2 Å². The highest BCUT2D eigenvalue weighted by atomic mass is 32.2. The zero-order valence-electron chi connectivity index (χ0n) is 12.4. The highest BCUT2D eigenvalue weighted by Crippen LogP contribution is 2.09. The third kappa shape index (κ3) is 7.34. The number of nitrogens with one attached hydrogen (secondary N) is 1. The summed E-state index contributed by atoms with van der Waals surface area (Å²) in [6.45, 7) is 1.49. The molecule has 0 aromatic heterocycles. The second kappa shape index (κ2) is 10.5. The predicted molar refractivity (Wildman–Crippen MR) is 87.5 cm³/mol. The van der Waals surface area contributed by atoms with Gasteiger partial charge in [0.1, 0.15) is 5.82 Å². The molecule has 1 rings (SSSR count). The minimum Gasteiger partial charge on any atom is -0.409 e. The standard InChI is InChI=1S/C15H24FN3OS/c1-21-7-5-3-2-4-6-18-11-12-8-13(15(17)19-20)10-14(16)9-12/h8-10,18,20H,2-7,11H2,1H3,(H2,17,19). The van der Waals surface area contributed by atoms with Crippen molar-refractivity contribution in [3.05, 3.63) is 35.1 Å². The van der Waals surface area contributed by atoms with Gasteiger partial charge in [-0.2, -0.15) is 11.8 Å². The minimum atomic E-state index is -0.382. The zero-order chi connectivity index (χ0) is 15.5. The normalized spacial score (nSPS) is 11.8. The molecule has 0 bridgehead atoms. The van der Waals surface area contributed by atoms with E-state index in [1.54, 1.807) is 6.07 Å². The van der Waals surface area contributed by atoms with Gasteiger partial charge in [-0.05, 0) is 55.2 Å². The van der Waals surface area contributed by atoms with E-state index in [0.717, 1.165) is 18.5 Å². The molecule has 0 saturated heterocycles. The quantitative estimate of drug-likeness (QED) is 0.204. The van der Waals surface area contributed by atoms with Gasteiger partial charge in [-0.15, -0.1) is 0 Å². The number of rotatable bonds is 10. The smallest absolute Gasteiger partial charge is 0.170 e. The Labute approximate surface area is 130 Å². The maximum Gasteiger partial charge on any atom is 0.170 e. The third-order valence-corrected chi connectivity index (χ3v) is 3.84. The van der Waals surface area contributed by atoms with Crippen LogP contribution >= 0.6 is 11.8 Å². The first-order valence-electron chi connectivity index (χ1n) is 7.14. The summed E-state index contributed by atoms with van der Waals surface area (Å²) in [7, 11) is 0. The Balaban J connectivity index is 2.30. The van der Waals surface area contributed by atoms with E-state index in [2.05, 4.69) is 16.7 Å². The van der Waals surface area contributed by atoms with Gasteiger partial charge in [0.05, 0.1) is 0 Å². The lowest BCUT2D eigenvalue weighted by Gasteiger charge is -2.07.